The lowest BCUT2D eigenvalue weighted by atomic mass is 9.91. The van der Waals surface area contributed by atoms with Crippen molar-refractivity contribution in [3.05, 3.63) is 64.2 Å². The molecule has 0 saturated heterocycles. The van der Waals surface area contributed by atoms with Crippen LogP contribution in [0.15, 0.2) is 36.4 Å². The second-order valence-electron chi connectivity index (χ2n) is 6.36. The van der Waals surface area contributed by atoms with Crippen molar-refractivity contribution in [1.82, 2.24) is 0 Å². The molecular formula is C21H25NO. The smallest absolute Gasteiger partial charge is 0.119 e. The van der Waals surface area contributed by atoms with E-state index < -0.39 is 0 Å². The first-order chi connectivity index (χ1) is 11.0. The zero-order valence-electron chi connectivity index (χ0n) is 14.5. The number of ether oxygens (including phenoxy) is 1. The topological polar surface area (TPSA) is 33.0 Å². The molecule has 1 atom stereocenters. The van der Waals surface area contributed by atoms with Gasteiger partial charge in [-0.2, -0.15) is 5.26 Å². The lowest BCUT2D eigenvalue weighted by molar-refractivity contribution is 0.304. The van der Waals surface area contributed by atoms with Crippen LogP contribution >= 0.6 is 0 Å². The summed E-state index contributed by atoms with van der Waals surface area (Å²) in [5.74, 6) is 0.862. The van der Waals surface area contributed by atoms with Crippen molar-refractivity contribution < 1.29 is 4.74 Å². The lowest BCUT2D eigenvalue weighted by Crippen LogP contribution is -2.04. The summed E-state index contributed by atoms with van der Waals surface area (Å²) in [6.45, 7) is 8.94. The van der Waals surface area contributed by atoms with Gasteiger partial charge in [0, 0.05) is 0 Å². The molecule has 0 heterocycles. The van der Waals surface area contributed by atoms with Gasteiger partial charge in [0.2, 0.25) is 0 Å². The minimum atomic E-state index is -0.0576. The van der Waals surface area contributed by atoms with E-state index in [1.165, 1.54) is 22.3 Å². The summed E-state index contributed by atoms with van der Waals surface area (Å²) in [7, 11) is 0. The van der Waals surface area contributed by atoms with E-state index in [1.54, 1.807) is 0 Å². The van der Waals surface area contributed by atoms with Crippen LogP contribution in [0.5, 0.6) is 5.75 Å². The number of nitrogens with zero attached hydrogens (tertiary/aromatic N) is 1. The molecule has 2 heteroatoms. The Morgan fingerprint density at radius 1 is 0.957 bits per heavy atom. The molecule has 0 saturated carbocycles. The zero-order chi connectivity index (χ0) is 16.8. The van der Waals surface area contributed by atoms with Gasteiger partial charge in [-0.1, -0.05) is 29.8 Å². The average molecular weight is 307 g/mol. The first-order valence-corrected chi connectivity index (χ1v) is 8.17. The Hall–Kier alpha value is -2.27. The van der Waals surface area contributed by atoms with Crippen LogP contribution in [0.4, 0.5) is 0 Å². The van der Waals surface area contributed by atoms with Gasteiger partial charge >= 0.3 is 0 Å². The van der Waals surface area contributed by atoms with Crippen molar-refractivity contribution in [2.45, 2.75) is 46.5 Å². The summed E-state index contributed by atoms with van der Waals surface area (Å²) in [6.07, 6.45) is 1.70. The molecule has 2 nitrogen and oxygen atoms in total. The molecule has 0 aliphatic carbocycles. The normalized spacial score (nSPS) is 11.8. The van der Waals surface area contributed by atoms with Crippen LogP contribution in [0, 0.1) is 39.0 Å². The van der Waals surface area contributed by atoms with Gasteiger partial charge in [0.25, 0.3) is 0 Å². The van der Waals surface area contributed by atoms with Crippen LogP contribution < -0.4 is 4.74 Å². The maximum atomic E-state index is 9.49. The molecule has 2 rings (SSSR count). The predicted molar refractivity (Wildman–Crippen MR) is 94.9 cm³/mol. The van der Waals surface area contributed by atoms with Crippen molar-refractivity contribution in [2.75, 3.05) is 6.61 Å². The molecule has 2 aromatic carbocycles. The van der Waals surface area contributed by atoms with Crippen molar-refractivity contribution >= 4 is 0 Å². The molecule has 23 heavy (non-hydrogen) atoms. The van der Waals surface area contributed by atoms with E-state index in [9.17, 15) is 5.26 Å². The SMILES string of the molecule is Cc1cc(C)cc(OCCCC(C#N)c2cc(C)ccc2C)c1. The quantitative estimate of drug-likeness (QED) is 0.671. The standard InChI is InChI=1S/C21H25NO/c1-15-7-8-18(4)21(13-15)19(14-22)6-5-9-23-20-11-16(2)10-17(3)12-20/h7-8,10-13,19H,5-6,9H2,1-4H3. The van der Waals surface area contributed by atoms with Crippen molar-refractivity contribution in [1.29, 1.82) is 5.26 Å². The van der Waals surface area contributed by atoms with Crippen molar-refractivity contribution in [2.24, 2.45) is 0 Å². The van der Waals surface area contributed by atoms with E-state index in [2.05, 4.69) is 70.2 Å². The molecule has 0 fully saturated rings. The van der Waals surface area contributed by atoms with Gasteiger partial charge in [-0.15, -0.1) is 0 Å². The Morgan fingerprint density at radius 2 is 1.65 bits per heavy atom. The Balaban J connectivity index is 1.91. The van der Waals surface area contributed by atoms with Crippen LogP contribution in [-0.2, 0) is 0 Å². The minimum absolute atomic E-state index is 0.0576. The van der Waals surface area contributed by atoms with Gasteiger partial charge in [-0.05, 0) is 74.9 Å². The highest BCUT2D eigenvalue weighted by Crippen LogP contribution is 2.25. The molecule has 0 amide bonds. The number of hydrogen-bond donors (Lipinski definition) is 0. The Kier molecular flexibility index (Phi) is 5.82. The predicted octanol–water partition coefficient (Wildman–Crippen LogP) is 5.39. The van der Waals surface area contributed by atoms with Crippen molar-refractivity contribution in [3.63, 3.8) is 0 Å². The average Bonchev–Trinajstić information content (AvgIpc) is 2.49. The van der Waals surface area contributed by atoms with E-state index in [0.717, 1.165) is 24.2 Å². The van der Waals surface area contributed by atoms with Crippen LogP contribution in [0.1, 0.15) is 46.6 Å². The number of benzene rings is 2. The molecule has 0 aliphatic rings. The Labute approximate surface area is 139 Å². The fourth-order valence-electron chi connectivity index (χ4n) is 2.92. The minimum Gasteiger partial charge on any atom is -0.494 e. The van der Waals surface area contributed by atoms with Gasteiger partial charge in [0.15, 0.2) is 0 Å². The van der Waals surface area contributed by atoms with Crippen molar-refractivity contribution in [3.8, 4) is 11.8 Å². The molecule has 120 valence electrons. The van der Waals surface area contributed by atoms with Crippen LogP contribution in [0.2, 0.25) is 0 Å². The third kappa shape index (κ3) is 4.86. The van der Waals surface area contributed by atoms with Crippen LogP contribution in [-0.4, -0.2) is 6.61 Å². The molecule has 0 spiro atoms. The van der Waals surface area contributed by atoms with Gasteiger partial charge in [0.05, 0.1) is 18.6 Å². The Bertz CT molecular complexity index is 692. The number of rotatable bonds is 6. The van der Waals surface area contributed by atoms with E-state index in [-0.39, 0.29) is 5.92 Å². The molecule has 0 radical (unpaired) electrons. The highest BCUT2D eigenvalue weighted by molar-refractivity contribution is 5.36. The van der Waals surface area contributed by atoms with Gasteiger partial charge in [-0.25, -0.2) is 0 Å². The summed E-state index contributed by atoms with van der Waals surface area (Å²) in [5, 5.41) is 9.49. The number of hydrogen-bond acceptors (Lipinski definition) is 2. The summed E-state index contributed by atoms with van der Waals surface area (Å²) >= 11 is 0. The highest BCUT2D eigenvalue weighted by atomic mass is 16.5. The first-order valence-electron chi connectivity index (χ1n) is 8.17. The summed E-state index contributed by atoms with van der Waals surface area (Å²) in [6, 6.07) is 15.0. The molecular weight excluding hydrogens is 282 g/mol. The number of nitriles is 1. The third-order valence-corrected chi connectivity index (χ3v) is 4.07. The van der Waals surface area contributed by atoms with E-state index in [4.69, 9.17) is 4.74 Å². The first kappa shape index (κ1) is 17.1. The van der Waals surface area contributed by atoms with Gasteiger partial charge in [0.1, 0.15) is 5.75 Å². The maximum absolute atomic E-state index is 9.49. The highest BCUT2D eigenvalue weighted by Gasteiger charge is 2.13. The lowest BCUT2D eigenvalue weighted by Gasteiger charge is -2.14. The largest absolute Gasteiger partial charge is 0.494 e. The molecule has 2 aromatic rings. The Morgan fingerprint density at radius 3 is 2.30 bits per heavy atom. The maximum Gasteiger partial charge on any atom is 0.119 e. The van der Waals surface area contributed by atoms with E-state index in [1.807, 2.05) is 0 Å². The van der Waals surface area contributed by atoms with E-state index in [0.29, 0.717) is 6.61 Å². The second-order valence-corrected chi connectivity index (χ2v) is 6.36. The van der Waals surface area contributed by atoms with E-state index >= 15 is 0 Å². The summed E-state index contributed by atoms with van der Waals surface area (Å²) in [4.78, 5) is 0. The fourth-order valence-corrected chi connectivity index (χ4v) is 2.92. The zero-order valence-corrected chi connectivity index (χ0v) is 14.5. The monoisotopic (exact) mass is 307 g/mol. The summed E-state index contributed by atoms with van der Waals surface area (Å²) < 4.78 is 5.84. The molecule has 0 aromatic heterocycles. The molecule has 1 unspecified atom stereocenters. The second kappa shape index (κ2) is 7.83. The number of aryl methyl sites for hydroxylation is 4. The molecule has 0 N–H and O–H groups in total. The molecule has 0 aliphatic heterocycles. The van der Waals surface area contributed by atoms with Crippen LogP contribution in [0.3, 0.4) is 0 Å². The van der Waals surface area contributed by atoms with Gasteiger partial charge < -0.3 is 4.74 Å². The molecule has 0 bridgehead atoms. The summed E-state index contributed by atoms with van der Waals surface area (Å²) in [5.41, 5.74) is 5.98. The third-order valence-electron chi connectivity index (χ3n) is 4.07. The van der Waals surface area contributed by atoms with Crippen LogP contribution in [0.25, 0.3) is 0 Å². The van der Waals surface area contributed by atoms with Gasteiger partial charge in [-0.3, -0.25) is 0 Å². The fraction of sp³-hybridized carbons (Fsp3) is 0.381.